The average Bonchev–Trinajstić information content (AvgIpc) is 3.44. The molecule has 1 saturated heterocycles. The Kier molecular flexibility index (Phi) is 4.04. The van der Waals surface area contributed by atoms with Crippen molar-refractivity contribution in [1.29, 1.82) is 0 Å². The van der Waals surface area contributed by atoms with Crippen molar-refractivity contribution in [2.75, 3.05) is 13.1 Å². The van der Waals surface area contributed by atoms with Gasteiger partial charge in [0.25, 0.3) is 5.91 Å². The highest BCUT2D eigenvalue weighted by Crippen LogP contribution is 2.40. The SMILES string of the molecule is Cc1c(C=O)ccc2nn(CC3CN(C(=O)c4ccc(C5CC5)cc4)C3)cc12. The van der Waals surface area contributed by atoms with E-state index in [-0.39, 0.29) is 5.91 Å². The molecular weight excluding hydrogens is 350 g/mol. The van der Waals surface area contributed by atoms with Crippen molar-refractivity contribution in [3.8, 4) is 0 Å². The van der Waals surface area contributed by atoms with E-state index in [1.807, 2.05) is 47.0 Å². The molecule has 0 unspecified atom stereocenters. The summed E-state index contributed by atoms with van der Waals surface area (Å²) >= 11 is 0. The van der Waals surface area contributed by atoms with Crippen LogP contribution in [0.15, 0.2) is 42.6 Å². The third-order valence-electron chi connectivity index (χ3n) is 6.07. The third kappa shape index (κ3) is 3.01. The number of hydrogen-bond donors (Lipinski definition) is 0. The van der Waals surface area contributed by atoms with Crippen LogP contribution in [0.2, 0.25) is 0 Å². The molecule has 0 atom stereocenters. The molecule has 0 bridgehead atoms. The van der Waals surface area contributed by atoms with Crippen molar-refractivity contribution < 1.29 is 9.59 Å². The summed E-state index contributed by atoms with van der Waals surface area (Å²) in [5.74, 6) is 1.25. The Morgan fingerprint density at radius 2 is 1.89 bits per heavy atom. The van der Waals surface area contributed by atoms with Gasteiger partial charge in [0, 0.05) is 48.3 Å². The van der Waals surface area contributed by atoms with E-state index in [0.717, 1.165) is 48.0 Å². The number of amides is 1. The first-order valence-electron chi connectivity index (χ1n) is 9.93. The van der Waals surface area contributed by atoms with Gasteiger partial charge in [0.05, 0.1) is 5.52 Å². The molecule has 0 spiro atoms. The van der Waals surface area contributed by atoms with Crippen LogP contribution < -0.4 is 0 Å². The molecule has 1 amide bonds. The molecule has 3 aromatic rings. The lowest BCUT2D eigenvalue weighted by Crippen LogP contribution is -2.51. The molecule has 2 aromatic carbocycles. The maximum atomic E-state index is 12.6. The summed E-state index contributed by atoms with van der Waals surface area (Å²) in [6.07, 6.45) is 5.45. The van der Waals surface area contributed by atoms with Gasteiger partial charge in [-0.25, -0.2) is 0 Å². The number of fused-ring (bicyclic) bond motifs is 1. The van der Waals surface area contributed by atoms with E-state index in [1.165, 1.54) is 18.4 Å². The van der Waals surface area contributed by atoms with Crippen LogP contribution in [0.4, 0.5) is 0 Å². The Morgan fingerprint density at radius 3 is 2.57 bits per heavy atom. The summed E-state index contributed by atoms with van der Waals surface area (Å²) in [6, 6.07) is 11.9. The summed E-state index contributed by atoms with van der Waals surface area (Å²) in [5.41, 5.74) is 4.73. The molecule has 5 nitrogen and oxygen atoms in total. The fraction of sp³-hybridized carbons (Fsp3) is 0.348. The van der Waals surface area contributed by atoms with Crippen LogP contribution in [0.5, 0.6) is 0 Å². The Balaban J connectivity index is 1.22. The zero-order valence-electron chi connectivity index (χ0n) is 16.0. The minimum atomic E-state index is 0.121. The van der Waals surface area contributed by atoms with Crippen LogP contribution >= 0.6 is 0 Å². The predicted molar refractivity (Wildman–Crippen MR) is 108 cm³/mol. The van der Waals surface area contributed by atoms with Crippen LogP contribution in [0.1, 0.15) is 50.6 Å². The van der Waals surface area contributed by atoms with Crippen molar-refractivity contribution in [3.05, 3.63) is 64.8 Å². The fourth-order valence-electron chi connectivity index (χ4n) is 4.13. The number of nitrogens with zero attached hydrogens (tertiary/aromatic N) is 3. The predicted octanol–water partition coefficient (Wildman–Crippen LogP) is 3.81. The zero-order valence-corrected chi connectivity index (χ0v) is 16.0. The average molecular weight is 373 g/mol. The van der Waals surface area contributed by atoms with E-state index >= 15 is 0 Å². The lowest BCUT2D eigenvalue weighted by molar-refractivity contribution is 0.0462. The first-order valence-corrected chi connectivity index (χ1v) is 9.93. The van der Waals surface area contributed by atoms with E-state index in [2.05, 4.69) is 17.2 Å². The first-order chi connectivity index (χ1) is 13.6. The standard InChI is InChI=1S/C23H23N3O2/c1-15-20(14-27)8-9-22-21(15)13-26(24-22)12-16-10-25(11-16)23(28)19-6-4-18(5-7-19)17-2-3-17/h4-9,13-14,16-17H,2-3,10-12H2,1H3. The Morgan fingerprint density at radius 1 is 1.14 bits per heavy atom. The van der Waals surface area contributed by atoms with Crippen molar-refractivity contribution in [2.24, 2.45) is 5.92 Å². The first kappa shape index (κ1) is 17.2. The number of aromatic nitrogens is 2. The number of aldehydes is 1. The minimum Gasteiger partial charge on any atom is -0.338 e. The van der Waals surface area contributed by atoms with E-state index in [0.29, 0.717) is 17.4 Å². The van der Waals surface area contributed by atoms with Crippen molar-refractivity contribution in [3.63, 3.8) is 0 Å². The van der Waals surface area contributed by atoms with Gasteiger partial charge in [-0.05, 0) is 61.1 Å². The fourth-order valence-corrected chi connectivity index (χ4v) is 4.13. The molecule has 142 valence electrons. The van der Waals surface area contributed by atoms with Crippen molar-refractivity contribution >= 4 is 23.1 Å². The molecule has 2 heterocycles. The molecule has 0 N–H and O–H groups in total. The second-order valence-electron chi connectivity index (χ2n) is 8.15. The largest absolute Gasteiger partial charge is 0.338 e. The van der Waals surface area contributed by atoms with E-state index in [1.54, 1.807) is 0 Å². The van der Waals surface area contributed by atoms with Gasteiger partial charge in [-0.15, -0.1) is 0 Å². The van der Waals surface area contributed by atoms with Crippen molar-refractivity contribution in [2.45, 2.75) is 32.2 Å². The molecule has 1 aliphatic carbocycles. The van der Waals surface area contributed by atoms with Gasteiger partial charge in [0.2, 0.25) is 0 Å². The number of likely N-dealkylation sites (tertiary alicyclic amines) is 1. The van der Waals surface area contributed by atoms with Crippen LogP contribution in [0, 0.1) is 12.8 Å². The number of hydrogen-bond acceptors (Lipinski definition) is 3. The highest BCUT2D eigenvalue weighted by Gasteiger charge is 2.32. The summed E-state index contributed by atoms with van der Waals surface area (Å²) < 4.78 is 1.95. The molecule has 28 heavy (non-hydrogen) atoms. The van der Waals surface area contributed by atoms with Crippen LogP contribution in [-0.2, 0) is 6.54 Å². The maximum absolute atomic E-state index is 12.6. The Labute approximate surface area is 163 Å². The topological polar surface area (TPSA) is 55.2 Å². The monoisotopic (exact) mass is 373 g/mol. The van der Waals surface area contributed by atoms with Gasteiger partial charge in [0.1, 0.15) is 6.29 Å². The normalized spacial score (nSPS) is 17.0. The van der Waals surface area contributed by atoms with Crippen molar-refractivity contribution in [1.82, 2.24) is 14.7 Å². The minimum absolute atomic E-state index is 0.121. The third-order valence-corrected chi connectivity index (χ3v) is 6.07. The summed E-state index contributed by atoms with van der Waals surface area (Å²) in [4.78, 5) is 25.7. The van der Waals surface area contributed by atoms with Gasteiger partial charge in [-0.1, -0.05) is 12.1 Å². The van der Waals surface area contributed by atoms with Gasteiger partial charge in [0.15, 0.2) is 0 Å². The quantitative estimate of drug-likeness (QED) is 0.639. The van der Waals surface area contributed by atoms with Crippen LogP contribution in [0.25, 0.3) is 10.9 Å². The second-order valence-corrected chi connectivity index (χ2v) is 8.15. The number of rotatable bonds is 5. The molecule has 5 rings (SSSR count). The zero-order chi connectivity index (χ0) is 19.3. The van der Waals surface area contributed by atoms with E-state index < -0.39 is 0 Å². The van der Waals surface area contributed by atoms with Gasteiger partial charge < -0.3 is 4.90 Å². The summed E-state index contributed by atoms with van der Waals surface area (Å²) in [7, 11) is 0. The van der Waals surface area contributed by atoms with Gasteiger partial charge in [-0.2, -0.15) is 5.10 Å². The summed E-state index contributed by atoms with van der Waals surface area (Å²) in [5, 5.41) is 5.65. The molecule has 1 saturated carbocycles. The van der Waals surface area contributed by atoms with Gasteiger partial charge >= 0.3 is 0 Å². The van der Waals surface area contributed by atoms with Crippen LogP contribution in [-0.4, -0.2) is 40.0 Å². The maximum Gasteiger partial charge on any atom is 0.253 e. The lowest BCUT2D eigenvalue weighted by Gasteiger charge is -2.39. The molecular formula is C23H23N3O2. The highest BCUT2D eigenvalue weighted by molar-refractivity contribution is 5.94. The molecule has 0 radical (unpaired) electrons. The van der Waals surface area contributed by atoms with Crippen LogP contribution in [0.3, 0.4) is 0 Å². The van der Waals surface area contributed by atoms with E-state index in [9.17, 15) is 9.59 Å². The number of benzene rings is 2. The number of aryl methyl sites for hydroxylation is 1. The molecule has 1 aliphatic heterocycles. The van der Waals surface area contributed by atoms with Gasteiger partial charge in [-0.3, -0.25) is 14.3 Å². The smallest absolute Gasteiger partial charge is 0.253 e. The van der Waals surface area contributed by atoms with E-state index in [4.69, 9.17) is 0 Å². The Hall–Kier alpha value is -2.95. The summed E-state index contributed by atoms with van der Waals surface area (Å²) in [6.45, 7) is 4.27. The highest BCUT2D eigenvalue weighted by atomic mass is 16.2. The lowest BCUT2D eigenvalue weighted by atomic mass is 9.98. The number of carbonyl (C=O) groups excluding carboxylic acids is 2. The number of carbonyl (C=O) groups is 2. The Bertz CT molecular complexity index is 1060. The molecule has 2 fully saturated rings. The molecule has 2 aliphatic rings. The molecule has 5 heteroatoms. The molecule has 1 aromatic heterocycles. The second kappa shape index (κ2) is 6.59.